The average Bonchev–Trinajstić information content (AvgIpc) is 3.38. The lowest BCUT2D eigenvalue weighted by atomic mass is 9.80. The molecule has 7 heteroatoms. The Morgan fingerprint density at radius 1 is 0.929 bits per heavy atom. The van der Waals surface area contributed by atoms with Crippen LogP contribution in [0.25, 0.3) is 22.4 Å². The second kappa shape index (κ2) is 5.91. The van der Waals surface area contributed by atoms with Gasteiger partial charge in [0.15, 0.2) is 0 Å². The Labute approximate surface area is 158 Å². The van der Waals surface area contributed by atoms with Crippen molar-refractivity contribution >= 4 is 0 Å². The zero-order valence-electron chi connectivity index (χ0n) is 14.8. The van der Waals surface area contributed by atoms with Gasteiger partial charge in [-0.25, -0.2) is 4.98 Å². The number of nitrogens with one attached hydrogen (secondary N) is 2. The number of hydrogen-bond donors (Lipinski definition) is 2. The number of hydrogen-bond acceptors (Lipinski definition) is 2. The van der Waals surface area contributed by atoms with Crippen molar-refractivity contribution in [1.82, 2.24) is 15.3 Å². The van der Waals surface area contributed by atoms with E-state index in [1.807, 2.05) is 0 Å². The third-order valence-electron chi connectivity index (χ3n) is 5.60. The van der Waals surface area contributed by atoms with Crippen LogP contribution in [0.3, 0.4) is 0 Å². The molecule has 3 nitrogen and oxygen atoms in total. The third-order valence-corrected chi connectivity index (χ3v) is 5.60. The molecule has 5 rings (SSSR count). The highest BCUT2D eigenvalue weighted by Gasteiger charge is 2.62. The molecule has 0 unspecified atom stereocenters. The monoisotopic (exact) mass is 387 g/mol. The second-order valence-electron chi connectivity index (χ2n) is 7.29. The van der Waals surface area contributed by atoms with Crippen LogP contribution in [0.15, 0.2) is 48.7 Å². The molecule has 2 aliphatic rings. The fourth-order valence-electron chi connectivity index (χ4n) is 4.11. The maximum absolute atomic E-state index is 14.8. The molecular formula is C21H17F4N3. The number of fused-ring (bicyclic) bond motifs is 3. The van der Waals surface area contributed by atoms with Crippen LogP contribution in [0.1, 0.15) is 35.8 Å². The van der Waals surface area contributed by atoms with Crippen molar-refractivity contribution in [2.24, 2.45) is 0 Å². The van der Waals surface area contributed by atoms with Gasteiger partial charge in [0, 0.05) is 16.7 Å². The molecule has 1 aliphatic heterocycles. The highest BCUT2D eigenvalue weighted by Crippen LogP contribution is 2.58. The molecule has 0 saturated carbocycles. The van der Waals surface area contributed by atoms with E-state index >= 15 is 0 Å². The molecule has 28 heavy (non-hydrogen) atoms. The van der Waals surface area contributed by atoms with Crippen LogP contribution < -0.4 is 5.32 Å². The highest BCUT2D eigenvalue weighted by atomic mass is 19.3. The third kappa shape index (κ3) is 2.35. The topological polar surface area (TPSA) is 40.7 Å². The minimum Gasteiger partial charge on any atom is -0.341 e. The zero-order valence-corrected chi connectivity index (χ0v) is 14.8. The number of aromatic nitrogens is 2. The summed E-state index contributed by atoms with van der Waals surface area (Å²) in [7, 11) is 0. The van der Waals surface area contributed by atoms with E-state index in [1.54, 1.807) is 18.3 Å². The zero-order chi connectivity index (χ0) is 19.5. The van der Waals surface area contributed by atoms with Crippen LogP contribution >= 0.6 is 0 Å². The molecule has 2 aromatic carbocycles. The predicted molar refractivity (Wildman–Crippen MR) is 97.2 cm³/mol. The largest absolute Gasteiger partial charge is 0.341 e. The molecule has 3 aromatic rings. The molecular weight excluding hydrogens is 370 g/mol. The summed E-state index contributed by atoms with van der Waals surface area (Å²) >= 11 is 0. The lowest BCUT2D eigenvalue weighted by Crippen LogP contribution is -2.39. The number of rotatable bonds is 2. The molecule has 0 radical (unpaired) electrons. The first-order valence-corrected chi connectivity index (χ1v) is 9.18. The molecule has 0 spiro atoms. The summed E-state index contributed by atoms with van der Waals surface area (Å²) in [6, 6.07) is 9.85. The molecule has 1 atom stereocenters. The van der Waals surface area contributed by atoms with Gasteiger partial charge in [0.25, 0.3) is 0 Å². The van der Waals surface area contributed by atoms with Crippen molar-refractivity contribution in [3.05, 3.63) is 65.6 Å². The van der Waals surface area contributed by atoms with Gasteiger partial charge in [-0.15, -0.1) is 0 Å². The quantitative estimate of drug-likeness (QED) is 0.581. The Morgan fingerprint density at radius 2 is 1.68 bits per heavy atom. The number of imidazole rings is 1. The Bertz CT molecular complexity index is 1050. The van der Waals surface area contributed by atoms with Crippen LogP contribution in [-0.2, 0) is 11.8 Å². The van der Waals surface area contributed by atoms with E-state index in [0.29, 0.717) is 11.3 Å². The minimum absolute atomic E-state index is 0.101. The van der Waals surface area contributed by atoms with Crippen molar-refractivity contribution in [2.45, 2.75) is 30.7 Å². The molecule has 0 bridgehead atoms. The maximum atomic E-state index is 14.8. The normalized spacial score (nSPS) is 21.9. The van der Waals surface area contributed by atoms with Gasteiger partial charge in [-0.3, -0.25) is 0 Å². The Morgan fingerprint density at radius 3 is 2.46 bits per heavy atom. The van der Waals surface area contributed by atoms with E-state index < -0.39 is 23.0 Å². The summed E-state index contributed by atoms with van der Waals surface area (Å²) < 4.78 is 58.9. The molecule has 1 saturated heterocycles. The molecule has 1 fully saturated rings. The van der Waals surface area contributed by atoms with Gasteiger partial charge in [0.1, 0.15) is 5.82 Å². The molecule has 1 aliphatic carbocycles. The summed E-state index contributed by atoms with van der Waals surface area (Å²) in [6.07, 6.45) is 3.54. The van der Waals surface area contributed by atoms with E-state index in [4.69, 9.17) is 0 Å². The van der Waals surface area contributed by atoms with Crippen LogP contribution in [0, 0.1) is 0 Å². The lowest BCUT2D eigenvalue weighted by molar-refractivity contribution is -0.225. The second-order valence-corrected chi connectivity index (χ2v) is 7.29. The number of alkyl halides is 4. The first-order chi connectivity index (χ1) is 13.4. The number of aromatic amines is 1. The highest BCUT2D eigenvalue weighted by molar-refractivity contribution is 5.78. The van der Waals surface area contributed by atoms with E-state index in [2.05, 4.69) is 15.3 Å². The molecule has 2 N–H and O–H groups in total. The van der Waals surface area contributed by atoms with E-state index in [-0.39, 0.29) is 17.2 Å². The number of H-pyrrole nitrogens is 1. The van der Waals surface area contributed by atoms with E-state index in [9.17, 15) is 17.6 Å². The smallest absolute Gasteiger partial charge is 0.340 e. The van der Waals surface area contributed by atoms with Crippen LogP contribution in [-0.4, -0.2) is 16.5 Å². The fraction of sp³-hybridized carbons (Fsp3) is 0.286. The predicted octanol–water partition coefficient (Wildman–Crippen LogP) is 5.37. The first-order valence-electron chi connectivity index (χ1n) is 9.18. The van der Waals surface area contributed by atoms with Crippen molar-refractivity contribution in [3.63, 3.8) is 0 Å². The van der Waals surface area contributed by atoms with Crippen molar-refractivity contribution < 1.29 is 17.6 Å². The number of benzene rings is 2. The van der Waals surface area contributed by atoms with Gasteiger partial charge < -0.3 is 10.3 Å². The standard InChI is InChI=1S/C21H17F4N3/c22-20(23)15-5-2-1-4-13(15)14-8-7-12(10-16(14)21(20,24)25)18-11-27-19(28-18)17-6-3-9-26-17/h1-2,4-5,7-8,10-11,17,26H,3,6,9H2,(H,27,28)/t17-/m0/s1. The molecule has 1 aromatic heterocycles. The van der Waals surface area contributed by atoms with E-state index in [1.165, 1.54) is 18.2 Å². The van der Waals surface area contributed by atoms with Gasteiger partial charge >= 0.3 is 11.8 Å². The summed E-state index contributed by atoms with van der Waals surface area (Å²) in [6.45, 7) is 0.903. The average molecular weight is 387 g/mol. The fourth-order valence-corrected chi connectivity index (χ4v) is 4.11. The summed E-state index contributed by atoms with van der Waals surface area (Å²) in [5.41, 5.74) is -0.0945. The molecule has 0 amide bonds. The molecule has 144 valence electrons. The van der Waals surface area contributed by atoms with Gasteiger partial charge in [-0.2, -0.15) is 17.6 Å². The van der Waals surface area contributed by atoms with Gasteiger partial charge in [-0.05, 0) is 36.6 Å². The summed E-state index contributed by atoms with van der Waals surface area (Å²) in [5.74, 6) is -7.85. The van der Waals surface area contributed by atoms with Gasteiger partial charge in [0.2, 0.25) is 0 Å². The summed E-state index contributed by atoms with van der Waals surface area (Å²) in [4.78, 5) is 7.47. The number of nitrogens with zero attached hydrogens (tertiary/aromatic N) is 1. The van der Waals surface area contributed by atoms with Crippen molar-refractivity contribution in [1.29, 1.82) is 0 Å². The Balaban J connectivity index is 1.63. The van der Waals surface area contributed by atoms with Crippen LogP contribution in [0.5, 0.6) is 0 Å². The van der Waals surface area contributed by atoms with Crippen molar-refractivity contribution in [3.8, 4) is 22.4 Å². The molecule has 2 heterocycles. The van der Waals surface area contributed by atoms with Gasteiger partial charge in [0.05, 0.1) is 17.9 Å². The number of halogens is 4. The van der Waals surface area contributed by atoms with Crippen molar-refractivity contribution in [2.75, 3.05) is 6.54 Å². The lowest BCUT2D eigenvalue weighted by Gasteiger charge is -2.35. The Hall–Kier alpha value is -2.67. The van der Waals surface area contributed by atoms with Crippen LogP contribution in [0.4, 0.5) is 17.6 Å². The maximum Gasteiger partial charge on any atom is 0.340 e. The summed E-state index contributed by atoms with van der Waals surface area (Å²) in [5, 5.41) is 3.31. The van der Waals surface area contributed by atoms with Crippen LogP contribution in [0.2, 0.25) is 0 Å². The first kappa shape index (κ1) is 17.4. The SMILES string of the molecule is FC1(F)c2ccccc2-c2ccc(-c3cnc([C@@H]4CCCN4)[nH]3)cc2C1(F)F. The minimum atomic E-state index is -4.30. The van der Waals surface area contributed by atoms with Gasteiger partial charge in [-0.1, -0.05) is 36.4 Å². The van der Waals surface area contributed by atoms with E-state index in [0.717, 1.165) is 37.3 Å². The Kier molecular flexibility index (Phi) is 3.68.